The molecule has 1 N–H and O–H groups in total. The van der Waals surface area contributed by atoms with Gasteiger partial charge in [0.15, 0.2) is 21.3 Å². The molecule has 10 nitrogen and oxygen atoms in total. The van der Waals surface area contributed by atoms with Crippen molar-refractivity contribution in [1.82, 2.24) is 19.4 Å². The molecule has 2 aromatic heterocycles. The fourth-order valence-electron chi connectivity index (χ4n) is 6.42. The minimum Gasteiger partial charge on any atom is -0.507 e. The summed E-state index contributed by atoms with van der Waals surface area (Å²) in [7, 11) is -3.90. The van der Waals surface area contributed by atoms with Crippen LogP contribution in [0.2, 0.25) is 0 Å². The van der Waals surface area contributed by atoms with E-state index < -0.39 is 44.2 Å². The lowest BCUT2D eigenvalue weighted by atomic mass is 9.79. The van der Waals surface area contributed by atoms with Crippen LogP contribution in [0.1, 0.15) is 44.6 Å². The number of fused-ring (bicyclic) bond motifs is 1. The zero-order chi connectivity index (χ0) is 33.1. The van der Waals surface area contributed by atoms with E-state index in [9.17, 15) is 23.1 Å². The molecule has 2 fully saturated rings. The molecule has 13 heteroatoms. The second-order valence-electron chi connectivity index (χ2n) is 12.0. The summed E-state index contributed by atoms with van der Waals surface area (Å²) >= 11 is 0. The van der Waals surface area contributed by atoms with Crippen molar-refractivity contribution in [3.05, 3.63) is 82.8 Å². The lowest BCUT2D eigenvalue weighted by Gasteiger charge is -2.44. The van der Waals surface area contributed by atoms with Crippen LogP contribution in [0.15, 0.2) is 64.8 Å². The Kier molecular flexibility index (Phi) is 7.91. The van der Waals surface area contributed by atoms with E-state index in [0.29, 0.717) is 5.56 Å². The number of phenols is 1. The second-order valence-corrected chi connectivity index (χ2v) is 14.0. The molecular formula is C33H33F2N5O5S. The number of halogens is 2. The van der Waals surface area contributed by atoms with Crippen LogP contribution in [0.25, 0.3) is 28.0 Å². The molecule has 2 atom stereocenters. The fraction of sp³-hybridized carbons (Fsp3) is 0.333. The largest absolute Gasteiger partial charge is 0.507 e. The van der Waals surface area contributed by atoms with E-state index in [4.69, 9.17) is 0 Å². The molecule has 1 aliphatic heterocycles. The minimum atomic E-state index is -3.90. The molecular weight excluding hydrogens is 616 g/mol. The van der Waals surface area contributed by atoms with Crippen molar-refractivity contribution in [3.8, 4) is 22.7 Å². The highest BCUT2D eigenvalue weighted by molar-refractivity contribution is 7.90. The number of sulfone groups is 1. The molecule has 1 saturated heterocycles. The molecule has 4 aromatic rings. The molecule has 1 saturated carbocycles. The number of rotatable bonds is 6. The minimum absolute atomic E-state index is 0.0368. The molecule has 0 bridgehead atoms. The predicted octanol–water partition coefficient (Wildman–Crippen LogP) is 4.71. The van der Waals surface area contributed by atoms with E-state index in [1.807, 2.05) is 13.8 Å². The average Bonchev–Trinajstić information content (AvgIpc) is 2.96. The Labute approximate surface area is 264 Å². The predicted molar refractivity (Wildman–Crippen MR) is 170 cm³/mol. The van der Waals surface area contributed by atoms with Gasteiger partial charge in [-0.2, -0.15) is 4.98 Å². The van der Waals surface area contributed by atoms with Crippen molar-refractivity contribution in [1.29, 1.82) is 0 Å². The van der Waals surface area contributed by atoms with Crippen LogP contribution in [-0.4, -0.2) is 70.3 Å². The summed E-state index contributed by atoms with van der Waals surface area (Å²) in [5.41, 5.74) is -1.42. The van der Waals surface area contributed by atoms with Crippen molar-refractivity contribution in [2.75, 3.05) is 24.2 Å². The van der Waals surface area contributed by atoms with Crippen molar-refractivity contribution < 1.29 is 27.1 Å². The standard InChI is InChI=1S/C33H33F2N5O5S/c1-5-27(42)38-16-19(3)39(17-18(38)2)31-22-15-24(35)29(28-23(34)12-8-13-25(28)41)36-32(22)40(33(43)37-31)30-21(20-9-6-10-20)11-7-14-26(30)46(4,44)45/h5,7-8,11-15,18-20,41H,1,6,9-10,16-17H2,2-4H3/t18-,19+/m1/s1. The van der Waals surface area contributed by atoms with E-state index in [2.05, 4.69) is 16.5 Å². The highest BCUT2D eigenvalue weighted by atomic mass is 32.2. The number of para-hydroxylation sites is 1. The van der Waals surface area contributed by atoms with Gasteiger partial charge in [0.25, 0.3) is 0 Å². The maximum Gasteiger partial charge on any atom is 0.355 e. The Bertz CT molecular complexity index is 2060. The van der Waals surface area contributed by atoms with Crippen LogP contribution in [0, 0.1) is 11.6 Å². The van der Waals surface area contributed by atoms with Crippen LogP contribution in [-0.2, 0) is 14.6 Å². The maximum atomic E-state index is 16.0. The van der Waals surface area contributed by atoms with Gasteiger partial charge in [0.05, 0.1) is 21.5 Å². The first-order valence-corrected chi connectivity index (χ1v) is 16.8. The summed E-state index contributed by atoms with van der Waals surface area (Å²) in [6.45, 7) is 7.73. The lowest BCUT2D eigenvalue weighted by molar-refractivity contribution is -0.128. The molecule has 0 radical (unpaired) electrons. The van der Waals surface area contributed by atoms with E-state index in [1.165, 1.54) is 24.3 Å². The third-order valence-corrected chi connectivity index (χ3v) is 10.1. The monoisotopic (exact) mass is 649 g/mol. The Morgan fingerprint density at radius 1 is 1.04 bits per heavy atom. The number of benzene rings is 2. The number of pyridine rings is 1. The number of amides is 1. The summed E-state index contributed by atoms with van der Waals surface area (Å²) in [6, 6.07) is 8.64. The second kappa shape index (κ2) is 11.6. The molecule has 3 heterocycles. The molecule has 1 amide bonds. The summed E-state index contributed by atoms with van der Waals surface area (Å²) in [6.07, 6.45) is 4.74. The SMILES string of the molecule is C=CC(=O)N1C[C@H](C)N(c2nc(=O)n(-c3c(C4CCC4)cccc3S(C)(=O)=O)c3nc(-c4c(O)cccc4F)c(F)cc23)C[C@H]1C. The highest BCUT2D eigenvalue weighted by Crippen LogP contribution is 2.42. The number of nitrogens with zero attached hydrogens (tertiary/aromatic N) is 5. The van der Waals surface area contributed by atoms with Gasteiger partial charge in [0, 0.05) is 31.4 Å². The van der Waals surface area contributed by atoms with Crippen LogP contribution >= 0.6 is 0 Å². The van der Waals surface area contributed by atoms with E-state index in [0.717, 1.165) is 42.2 Å². The Morgan fingerprint density at radius 3 is 2.39 bits per heavy atom. The molecule has 2 aliphatic rings. The summed E-state index contributed by atoms with van der Waals surface area (Å²) in [4.78, 5) is 38.9. The van der Waals surface area contributed by atoms with Gasteiger partial charge in [0.2, 0.25) is 5.91 Å². The number of aromatic hydroxyl groups is 1. The summed E-state index contributed by atoms with van der Waals surface area (Å²) in [5, 5.41) is 10.6. The number of carbonyl (C=O) groups excluding carboxylic acids is 1. The quantitative estimate of drug-likeness (QED) is 0.298. The van der Waals surface area contributed by atoms with E-state index in [-0.39, 0.29) is 64.4 Å². The number of piperazine rings is 1. The third kappa shape index (κ3) is 5.21. The van der Waals surface area contributed by atoms with Gasteiger partial charge in [-0.1, -0.05) is 31.2 Å². The molecule has 46 heavy (non-hydrogen) atoms. The number of carbonyl (C=O) groups is 1. The topological polar surface area (TPSA) is 126 Å². The van der Waals surface area contributed by atoms with Crippen molar-refractivity contribution in [3.63, 3.8) is 0 Å². The Hall–Kier alpha value is -4.65. The first-order valence-electron chi connectivity index (χ1n) is 15.0. The first kappa shape index (κ1) is 31.3. The van der Waals surface area contributed by atoms with Gasteiger partial charge in [-0.25, -0.2) is 31.5 Å². The maximum absolute atomic E-state index is 16.0. The normalized spacial score (nSPS) is 18.9. The highest BCUT2D eigenvalue weighted by Gasteiger charge is 2.35. The van der Waals surface area contributed by atoms with Crippen LogP contribution in [0.3, 0.4) is 0 Å². The zero-order valence-electron chi connectivity index (χ0n) is 25.6. The molecule has 2 aromatic carbocycles. The van der Waals surface area contributed by atoms with Gasteiger partial charge in [-0.15, -0.1) is 0 Å². The van der Waals surface area contributed by atoms with Crippen LogP contribution in [0.4, 0.5) is 14.6 Å². The number of phenolic OH excluding ortho intramolecular Hbond substituents is 1. The van der Waals surface area contributed by atoms with E-state index >= 15 is 8.78 Å². The van der Waals surface area contributed by atoms with Crippen molar-refractivity contribution in [2.45, 2.75) is 56.0 Å². The lowest BCUT2D eigenvalue weighted by Crippen LogP contribution is -2.58. The molecule has 0 unspecified atom stereocenters. The Balaban J connectivity index is 1.70. The van der Waals surface area contributed by atoms with Gasteiger partial charge in [-0.3, -0.25) is 4.79 Å². The fourth-order valence-corrected chi connectivity index (χ4v) is 7.31. The van der Waals surface area contributed by atoms with Crippen molar-refractivity contribution >= 4 is 32.6 Å². The number of anilines is 1. The van der Waals surface area contributed by atoms with E-state index in [1.54, 1.807) is 21.9 Å². The van der Waals surface area contributed by atoms with Crippen molar-refractivity contribution in [2.24, 2.45) is 0 Å². The number of hydrogen-bond acceptors (Lipinski definition) is 8. The van der Waals surface area contributed by atoms with Gasteiger partial charge in [-0.05, 0) is 68.5 Å². The zero-order valence-corrected chi connectivity index (χ0v) is 26.4. The van der Waals surface area contributed by atoms with Gasteiger partial charge in [0.1, 0.15) is 23.1 Å². The molecule has 0 spiro atoms. The summed E-state index contributed by atoms with van der Waals surface area (Å²) in [5.74, 6) is -2.70. The number of hydrogen-bond donors (Lipinski definition) is 1. The summed E-state index contributed by atoms with van der Waals surface area (Å²) < 4.78 is 58.5. The molecule has 6 rings (SSSR count). The average molecular weight is 650 g/mol. The van der Waals surface area contributed by atoms with Gasteiger partial charge >= 0.3 is 5.69 Å². The molecule has 1 aliphatic carbocycles. The van der Waals surface area contributed by atoms with Gasteiger partial charge < -0.3 is 14.9 Å². The van der Waals surface area contributed by atoms with Crippen LogP contribution in [0.5, 0.6) is 5.75 Å². The third-order valence-electron chi connectivity index (χ3n) is 8.94. The molecule has 240 valence electrons. The smallest absolute Gasteiger partial charge is 0.355 e. The van der Waals surface area contributed by atoms with Crippen LogP contribution < -0.4 is 10.6 Å². The first-order chi connectivity index (χ1) is 21.8. The Morgan fingerprint density at radius 2 is 1.76 bits per heavy atom. The number of aromatic nitrogens is 3.